The van der Waals surface area contributed by atoms with Gasteiger partial charge in [-0.2, -0.15) is 0 Å². The first kappa shape index (κ1) is 19.8. The highest BCUT2D eigenvalue weighted by Crippen LogP contribution is 2.57. The molecule has 1 heterocycles. The Hall–Kier alpha value is -1.45. The molecule has 2 fully saturated rings. The number of ketones is 1. The van der Waals surface area contributed by atoms with E-state index in [0.29, 0.717) is 12.5 Å². The van der Waals surface area contributed by atoms with Crippen LogP contribution < -0.4 is 0 Å². The molecule has 1 aromatic rings. The number of benzene rings is 1. The third kappa shape index (κ3) is 2.98. The van der Waals surface area contributed by atoms with Gasteiger partial charge in [0.15, 0.2) is 5.79 Å². The Labute approximate surface area is 169 Å². The second kappa shape index (κ2) is 7.11. The van der Waals surface area contributed by atoms with Crippen molar-refractivity contribution in [2.24, 2.45) is 17.3 Å². The minimum Gasteiger partial charge on any atom is -0.348 e. The van der Waals surface area contributed by atoms with Crippen molar-refractivity contribution in [1.82, 2.24) is 0 Å². The van der Waals surface area contributed by atoms with E-state index in [-0.39, 0.29) is 28.6 Å². The highest BCUT2D eigenvalue weighted by atomic mass is 16.7. The van der Waals surface area contributed by atoms with Crippen molar-refractivity contribution in [3.63, 3.8) is 0 Å². The Kier molecular flexibility index (Phi) is 5.04. The highest BCUT2D eigenvalue weighted by Gasteiger charge is 2.63. The lowest BCUT2D eigenvalue weighted by molar-refractivity contribution is -0.291. The lowest BCUT2D eigenvalue weighted by Crippen LogP contribution is -2.54. The molecule has 0 aromatic heterocycles. The van der Waals surface area contributed by atoms with Gasteiger partial charge in [0.05, 0.1) is 18.6 Å². The van der Waals surface area contributed by atoms with Gasteiger partial charge in [0.25, 0.3) is 0 Å². The first-order chi connectivity index (χ1) is 13.3. The summed E-state index contributed by atoms with van der Waals surface area (Å²) in [5.74, 6) is -0.593. The molecule has 1 aromatic carbocycles. The molecule has 1 saturated heterocycles. The largest absolute Gasteiger partial charge is 0.348 e. The minimum absolute atomic E-state index is 0.00967. The van der Waals surface area contributed by atoms with E-state index >= 15 is 0 Å². The van der Waals surface area contributed by atoms with Crippen LogP contribution in [0.1, 0.15) is 65.4 Å². The first-order valence-corrected chi connectivity index (χ1v) is 10.9. The van der Waals surface area contributed by atoms with Gasteiger partial charge >= 0.3 is 0 Å². The Morgan fingerprint density at radius 3 is 2.61 bits per heavy atom. The Balaban J connectivity index is 1.66. The van der Waals surface area contributed by atoms with Crippen LogP contribution in [-0.4, -0.2) is 24.3 Å². The van der Waals surface area contributed by atoms with Gasteiger partial charge in [-0.25, -0.2) is 0 Å². The second-order valence-electron chi connectivity index (χ2n) is 9.77. The summed E-state index contributed by atoms with van der Waals surface area (Å²) in [7, 11) is 0. The lowest BCUT2D eigenvalue weighted by Gasteiger charge is -2.48. The maximum absolute atomic E-state index is 12.5. The summed E-state index contributed by atoms with van der Waals surface area (Å²) in [6.07, 6.45) is 9.81. The van der Waals surface area contributed by atoms with Crippen LogP contribution in [0, 0.1) is 17.3 Å². The van der Waals surface area contributed by atoms with Crippen LogP contribution in [0.5, 0.6) is 0 Å². The molecule has 2 aliphatic carbocycles. The first-order valence-electron chi connectivity index (χ1n) is 10.9. The molecule has 4 rings (SSSR count). The van der Waals surface area contributed by atoms with Crippen LogP contribution in [0.2, 0.25) is 0 Å². The van der Waals surface area contributed by atoms with Crippen LogP contribution in [0.4, 0.5) is 0 Å². The van der Waals surface area contributed by atoms with Crippen LogP contribution in [0.3, 0.4) is 0 Å². The fourth-order valence-corrected chi connectivity index (χ4v) is 5.85. The van der Waals surface area contributed by atoms with E-state index < -0.39 is 5.79 Å². The molecule has 0 bridgehead atoms. The third-order valence-electron chi connectivity index (χ3n) is 7.71. The molecular weight excluding hydrogens is 348 g/mol. The molecule has 152 valence electrons. The minimum atomic E-state index is -0.828. The third-order valence-corrected chi connectivity index (χ3v) is 7.71. The van der Waals surface area contributed by atoms with Gasteiger partial charge < -0.3 is 9.47 Å². The average molecular weight is 383 g/mol. The van der Waals surface area contributed by atoms with Crippen LogP contribution in [0.25, 0.3) is 0 Å². The number of hydrogen-bond donors (Lipinski definition) is 0. The Morgan fingerprint density at radius 2 is 1.89 bits per heavy atom. The summed E-state index contributed by atoms with van der Waals surface area (Å²) < 4.78 is 13.3. The Bertz CT molecular complexity index is 752. The molecule has 0 amide bonds. The maximum atomic E-state index is 12.5. The predicted molar refractivity (Wildman–Crippen MR) is 111 cm³/mol. The molecule has 5 atom stereocenters. The standard InChI is InChI=1S/C25H34O3/c1-18(26)20-14-15-24(4)16-17-27-25(20,24)28-22-13-9-8-12-21(22)23(2,3)19-10-6-5-7-11-19/h5-7,10-11,14-15,20-22H,8-9,12-13,16-17H2,1-4H3/t20-,21+,22+,24-,25+/m1/s1. The predicted octanol–water partition coefficient (Wildman–Crippen LogP) is 5.44. The number of carbonyl (C=O) groups is 1. The van der Waals surface area contributed by atoms with E-state index in [1.807, 2.05) is 6.08 Å². The molecule has 0 spiro atoms. The molecule has 28 heavy (non-hydrogen) atoms. The summed E-state index contributed by atoms with van der Waals surface area (Å²) in [6, 6.07) is 10.8. The van der Waals surface area contributed by atoms with Crippen molar-refractivity contribution in [3.05, 3.63) is 48.0 Å². The van der Waals surface area contributed by atoms with Gasteiger partial charge in [0, 0.05) is 5.41 Å². The number of Topliss-reactive ketones (excluding diaryl/α,β-unsaturated/α-hetero) is 1. The fourth-order valence-electron chi connectivity index (χ4n) is 5.85. The van der Waals surface area contributed by atoms with Crippen LogP contribution >= 0.6 is 0 Å². The van der Waals surface area contributed by atoms with Crippen molar-refractivity contribution in [3.8, 4) is 0 Å². The number of rotatable bonds is 5. The molecule has 3 nitrogen and oxygen atoms in total. The summed E-state index contributed by atoms with van der Waals surface area (Å²) in [5.41, 5.74) is 1.15. The van der Waals surface area contributed by atoms with Crippen molar-refractivity contribution >= 4 is 5.78 Å². The van der Waals surface area contributed by atoms with E-state index in [1.165, 1.54) is 18.4 Å². The van der Waals surface area contributed by atoms with Crippen molar-refractivity contribution in [1.29, 1.82) is 0 Å². The van der Waals surface area contributed by atoms with Gasteiger partial charge in [-0.15, -0.1) is 0 Å². The molecule has 1 saturated carbocycles. The van der Waals surface area contributed by atoms with Crippen LogP contribution in [-0.2, 0) is 19.7 Å². The number of ether oxygens (including phenoxy) is 2. The zero-order valence-corrected chi connectivity index (χ0v) is 17.7. The second-order valence-corrected chi connectivity index (χ2v) is 9.77. The molecule has 0 unspecified atom stereocenters. The SMILES string of the molecule is CC(=O)[C@H]1C=C[C@]2(C)CCO[C@]12O[C@H]1CCCC[C@@H]1C(C)(C)c1ccccc1. The van der Waals surface area contributed by atoms with Gasteiger partial charge in [-0.05, 0) is 43.1 Å². The van der Waals surface area contributed by atoms with E-state index in [2.05, 4.69) is 57.2 Å². The number of hydrogen-bond acceptors (Lipinski definition) is 3. The van der Waals surface area contributed by atoms with Crippen LogP contribution in [0.15, 0.2) is 42.5 Å². The quantitative estimate of drug-likeness (QED) is 0.636. The van der Waals surface area contributed by atoms with E-state index in [4.69, 9.17) is 9.47 Å². The lowest BCUT2D eigenvalue weighted by atomic mass is 9.66. The smallest absolute Gasteiger partial charge is 0.190 e. The van der Waals surface area contributed by atoms with Crippen molar-refractivity contribution in [2.75, 3.05) is 6.61 Å². The molecule has 3 aliphatic rings. The molecular formula is C25H34O3. The summed E-state index contributed by atoms with van der Waals surface area (Å²) in [6.45, 7) is 9.20. The van der Waals surface area contributed by atoms with Gasteiger partial charge in [-0.3, -0.25) is 4.79 Å². The summed E-state index contributed by atoms with van der Waals surface area (Å²) >= 11 is 0. The number of carbonyl (C=O) groups excluding carboxylic acids is 1. The fraction of sp³-hybridized carbons (Fsp3) is 0.640. The van der Waals surface area contributed by atoms with E-state index in [1.54, 1.807) is 6.92 Å². The zero-order valence-electron chi connectivity index (χ0n) is 17.7. The number of fused-ring (bicyclic) bond motifs is 1. The average Bonchev–Trinajstić information content (AvgIpc) is 3.13. The Morgan fingerprint density at radius 1 is 1.18 bits per heavy atom. The monoisotopic (exact) mass is 382 g/mol. The highest BCUT2D eigenvalue weighted by molar-refractivity contribution is 5.82. The molecule has 0 N–H and O–H groups in total. The maximum Gasteiger partial charge on any atom is 0.190 e. The van der Waals surface area contributed by atoms with Gasteiger partial charge in [-0.1, -0.05) is 76.1 Å². The van der Waals surface area contributed by atoms with Gasteiger partial charge in [0.1, 0.15) is 5.78 Å². The zero-order chi connectivity index (χ0) is 20.0. The molecule has 1 aliphatic heterocycles. The summed E-state index contributed by atoms with van der Waals surface area (Å²) in [4.78, 5) is 12.5. The normalized spacial score (nSPS) is 37.8. The topological polar surface area (TPSA) is 35.5 Å². The summed E-state index contributed by atoms with van der Waals surface area (Å²) in [5, 5.41) is 0. The van der Waals surface area contributed by atoms with Gasteiger partial charge in [0.2, 0.25) is 0 Å². The van der Waals surface area contributed by atoms with Crippen molar-refractivity contribution in [2.45, 2.75) is 77.1 Å². The molecule has 3 heteroatoms. The molecule has 0 radical (unpaired) electrons. The van der Waals surface area contributed by atoms with Crippen molar-refractivity contribution < 1.29 is 14.3 Å². The van der Waals surface area contributed by atoms with E-state index in [0.717, 1.165) is 19.3 Å². The van der Waals surface area contributed by atoms with E-state index in [9.17, 15) is 4.79 Å².